The molecule has 80 valence electrons. The second-order valence-electron chi connectivity index (χ2n) is 4.17. The van der Waals surface area contributed by atoms with Crippen molar-refractivity contribution in [1.82, 2.24) is 4.98 Å². The van der Waals surface area contributed by atoms with Crippen LogP contribution < -0.4 is 0 Å². The summed E-state index contributed by atoms with van der Waals surface area (Å²) in [6.45, 7) is 0. The van der Waals surface area contributed by atoms with Gasteiger partial charge in [-0.25, -0.2) is 0 Å². The summed E-state index contributed by atoms with van der Waals surface area (Å²) < 4.78 is 0. The maximum Gasteiger partial charge on any atom is 0.0611 e. The molecule has 2 rings (SSSR count). The second kappa shape index (κ2) is 5.08. The second-order valence-corrected chi connectivity index (χ2v) is 4.17. The Morgan fingerprint density at radius 3 is 2.80 bits per heavy atom. The van der Waals surface area contributed by atoms with Crippen LogP contribution in [-0.2, 0) is 6.42 Å². The number of pyridine rings is 1. The molecule has 0 spiro atoms. The van der Waals surface area contributed by atoms with Crippen LogP contribution in [0.25, 0.3) is 0 Å². The Morgan fingerprint density at radius 1 is 1.33 bits per heavy atom. The quantitative estimate of drug-likeness (QED) is 0.765. The molecule has 2 atom stereocenters. The van der Waals surface area contributed by atoms with Crippen LogP contribution in [0.2, 0.25) is 0 Å². The minimum atomic E-state index is -0.211. The van der Waals surface area contributed by atoms with Crippen molar-refractivity contribution in [3.8, 4) is 0 Å². The van der Waals surface area contributed by atoms with Crippen LogP contribution in [0, 0.1) is 5.92 Å². The SMILES string of the molecule is OC(Cc1ccncc1)C1CC=CCC1. The Kier molecular flexibility index (Phi) is 3.51. The van der Waals surface area contributed by atoms with Crippen molar-refractivity contribution in [2.45, 2.75) is 31.8 Å². The number of hydrogen-bond acceptors (Lipinski definition) is 2. The number of aliphatic hydroxyl groups excluding tert-OH is 1. The Morgan fingerprint density at radius 2 is 2.13 bits per heavy atom. The summed E-state index contributed by atoms with van der Waals surface area (Å²) in [5.74, 6) is 0.433. The van der Waals surface area contributed by atoms with Crippen LogP contribution in [-0.4, -0.2) is 16.2 Å². The summed E-state index contributed by atoms with van der Waals surface area (Å²) in [5.41, 5.74) is 1.17. The van der Waals surface area contributed by atoms with Gasteiger partial charge in [-0.1, -0.05) is 12.2 Å². The van der Waals surface area contributed by atoms with Gasteiger partial charge in [0.15, 0.2) is 0 Å². The van der Waals surface area contributed by atoms with Crippen molar-refractivity contribution >= 4 is 0 Å². The van der Waals surface area contributed by atoms with Crippen molar-refractivity contribution in [3.05, 3.63) is 42.2 Å². The molecule has 1 aliphatic carbocycles. The number of rotatable bonds is 3. The van der Waals surface area contributed by atoms with Crippen molar-refractivity contribution in [3.63, 3.8) is 0 Å². The molecule has 1 aromatic heterocycles. The standard InChI is InChI=1S/C13H17NO/c15-13(12-4-2-1-3-5-12)10-11-6-8-14-9-7-11/h1-2,6-9,12-13,15H,3-5,10H2. The lowest BCUT2D eigenvalue weighted by molar-refractivity contribution is 0.102. The highest BCUT2D eigenvalue weighted by molar-refractivity contribution is 5.11. The number of nitrogens with zero attached hydrogens (tertiary/aromatic N) is 1. The highest BCUT2D eigenvalue weighted by Gasteiger charge is 2.19. The van der Waals surface area contributed by atoms with Gasteiger partial charge in [0, 0.05) is 12.4 Å². The third-order valence-corrected chi connectivity index (χ3v) is 3.05. The minimum absolute atomic E-state index is 0.211. The van der Waals surface area contributed by atoms with Gasteiger partial charge in [0.05, 0.1) is 6.10 Å². The number of aliphatic hydroxyl groups is 1. The largest absolute Gasteiger partial charge is 0.392 e. The fourth-order valence-electron chi connectivity index (χ4n) is 2.09. The summed E-state index contributed by atoms with van der Waals surface area (Å²) >= 11 is 0. The van der Waals surface area contributed by atoms with Crippen LogP contribution in [0.3, 0.4) is 0 Å². The van der Waals surface area contributed by atoms with Gasteiger partial charge in [0.1, 0.15) is 0 Å². The van der Waals surface area contributed by atoms with E-state index in [0.29, 0.717) is 5.92 Å². The number of allylic oxidation sites excluding steroid dienone is 2. The van der Waals surface area contributed by atoms with E-state index in [1.165, 1.54) is 5.56 Å². The Balaban J connectivity index is 1.91. The molecule has 0 saturated heterocycles. The summed E-state index contributed by atoms with van der Waals surface area (Å²) in [6, 6.07) is 3.95. The van der Waals surface area contributed by atoms with E-state index in [-0.39, 0.29) is 6.10 Å². The maximum absolute atomic E-state index is 10.1. The van der Waals surface area contributed by atoms with Crippen LogP contribution in [0.1, 0.15) is 24.8 Å². The monoisotopic (exact) mass is 203 g/mol. The van der Waals surface area contributed by atoms with E-state index in [1.54, 1.807) is 12.4 Å². The first-order chi connectivity index (χ1) is 7.36. The van der Waals surface area contributed by atoms with Gasteiger partial charge in [-0.05, 0) is 49.3 Å². The zero-order chi connectivity index (χ0) is 10.5. The molecule has 1 heterocycles. The maximum atomic E-state index is 10.1. The zero-order valence-corrected chi connectivity index (χ0v) is 8.84. The van der Waals surface area contributed by atoms with E-state index >= 15 is 0 Å². The predicted molar refractivity (Wildman–Crippen MR) is 60.4 cm³/mol. The fourth-order valence-corrected chi connectivity index (χ4v) is 2.09. The highest BCUT2D eigenvalue weighted by atomic mass is 16.3. The molecule has 2 unspecified atom stereocenters. The lowest BCUT2D eigenvalue weighted by atomic mass is 9.87. The van der Waals surface area contributed by atoms with Gasteiger partial charge < -0.3 is 5.11 Å². The lowest BCUT2D eigenvalue weighted by Crippen LogP contribution is -2.23. The van der Waals surface area contributed by atoms with E-state index in [4.69, 9.17) is 0 Å². The van der Waals surface area contributed by atoms with Crippen LogP contribution >= 0.6 is 0 Å². The van der Waals surface area contributed by atoms with Gasteiger partial charge >= 0.3 is 0 Å². The molecule has 1 N–H and O–H groups in total. The minimum Gasteiger partial charge on any atom is -0.392 e. The van der Waals surface area contributed by atoms with Gasteiger partial charge in [-0.3, -0.25) is 4.98 Å². The molecule has 2 heteroatoms. The molecule has 0 aliphatic heterocycles. The van der Waals surface area contributed by atoms with Gasteiger partial charge in [-0.15, -0.1) is 0 Å². The topological polar surface area (TPSA) is 33.1 Å². The van der Waals surface area contributed by atoms with E-state index in [0.717, 1.165) is 25.7 Å². The summed E-state index contributed by atoms with van der Waals surface area (Å²) in [4.78, 5) is 3.97. The van der Waals surface area contributed by atoms with E-state index < -0.39 is 0 Å². The van der Waals surface area contributed by atoms with E-state index in [1.807, 2.05) is 12.1 Å². The zero-order valence-electron chi connectivity index (χ0n) is 8.84. The Labute approximate surface area is 90.7 Å². The lowest BCUT2D eigenvalue weighted by Gasteiger charge is -2.23. The van der Waals surface area contributed by atoms with Crippen LogP contribution in [0.15, 0.2) is 36.7 Å². The smallest absolute Gasteiger partial charge is 0.0611 e. The van der Waals surface area contributed by atoms with Gasteiger partial charge in [0.25, 0.3) is 0 Å². The average Bonchev–Trinajstić information content (AvgIpc) is 2.31. The van der Waals surface area contributed by atoms with E-state index in [9.17, 15) is 5.11 Å². The van der Waals surface area contributed by atoms with Gasteiger partial charge in [0.2, 0.25) is 0 Å². The summed E-state index contributed by atoms with van der Waals surface area (Å²) in [5, 5.41) is 10.1. The molecule has 0 amide bonds. The van der Waals surface area contributed by atoms with Crippen molar-refractivity contribution in [1.29, 1.82) is 0 Å². The van der Waals surface area contributed by atoms with E-state index in [2.05, 4.69) is 17.1 Å². The van der Waals surface area contributed by atoms with Crippen LogP contribution in [0.4, 0.5) is 0 Å². The Bertz CT molecular complexity index is 321. The molecular weight excluding hydrogens is 186 g/mol. The number of hydrogen-bond donors (Lipinski definition) is 1. The third kappa shape index (κ3) is 2.90. The molecule has 1 aliphatic rings. The van der Waals surface area contributed by atoms with Gasteiger partial charge in [-0.2, -0.15) is 0 Å². The normalized spacial score (nSPS) is 22.6. The molecule has 15 heavy (non-hydrogen) atoms. The molecule has 0 fully saturated rings. The molecule has 1 aromatic rings. The molecule has 0 radical (unpaired) electrons. The molecule has 0 aromatic carbocycles. The van der Waals surface area contributed by atoms with Crippen molar-refractivity contribution in [2.75, 3.05) is 0 Å². The third-order valence-electron chi connectivity index (χ3n) is 3.05. The highest BCUT2D eigenvalue weighted by Crippen LogP contribution is 2.23. The van der Waals surface area contributed by atoms with Crippen LogP contribution in [0.5, 0.6) is 0 Å². The molecular formula is C13H17NO. The molecule has 0 bridgehead atoms. The number of aromatic nitrogens is 1. The average molecular weight is 203 g/mol. The van der Waals surface area contributed by atoms with Crippen molar-refractivity contribution in [2.24, 2.45) is 5.92 Å². The molecule has 2 nitrogen and oxygen atoms in total. The fraction of sp³-hybridized carbons (Fsp3) is 0.462. The van der Waals surface area contributed by atoms with Crippen molar-refractivity contribution < 1.29 is 5.11 Å². The predicted octanol–water partition coefficient (Wildman–Crippen LogP) is 2.34. The first-order valence-electron chi connectivity index (χ1n) is 5.58. The summed E-state index contributed by atoms with van der Waals surface area (Å²) in [7, 11) is 0. The first kappa shape index (κ1) is 10.4. The Hall–Kier alpha value is -1.15. The summed E-state index contributed by atoms with van der Waals surface area (Å²) in [6.07, 6.45) is 11.7. The molecule has 0 saturated carbocycles. The first-order valence-corrected chi connectivity index (χ1v) is 5.58.